The van der Waals surface area contributed by atoms with E-state index in [2.05, 4.69) is 10.4 Å². The quantitative estimate of drug-likeness (QED) is 0.807. The molecule has 0 spiro atoms. The molecule has 0 saturated heterocycles. The Kier molecular flexibility index (Phi) is 3.97. The van der Waals surface area contributed by atoms with Gasteiger partial charge in [-0.05, 0) is 25.1 Å². The minimum Gasteiger partial charge on any atom is -0.368 e. The lowest BCUT2D eigenvalue weighted by molar-refractivity contribution is -0.125. The molecule has 1 aromatic heterocycles. The van der Waals surface area contributed by atoms with Crippen LogP contribution in [0.15, 0.2) is 48.8 Å². The van der Waals surface area contributed by atoms with E-state index in [1.807, 2.05) is 42.6 Å². The minimum atomic E-state index is -0.868. The molecule has 1 aromatic carbocycles. The van der Waals surface area contributed by atoms with E-state index in [0.29, 0.717) is 13.0 Å². The predicted molar refractivity (Wildman–Crippen MR) is 73.2 cm³/mol. The van der Waals surface area contributed by atoms with Gasteiger partial charge in [0, 0.05) is 18.9 Å². The molecule has 1 unspecified atom stereocenters. The predicted octanol–water partition coefficient (Wildman–Crippen LogP) is 0.873. The fourth-order valence-electron chi connectivity index (χ4n) is 2.24. The second kappa shape index (κ2) is 5.67. The van der Waals surface area contributed by atoms with Crippen LogP contribution in [0, 0.1) is 0 Å². The molecule has 100 valence electrons. The number of amides is 1. The average molecular weight is 258 g/mol. The standard InChI is InChI=1S/C14H18N4O/c1-16-14(13(15)19,12-6-3-2-4-7-12)8-11-18-10-5-9-17-18/h2-7,9-10,16H,8,11H2,1H3,(H2,15,19). The third-order valence-corrected chi connectivity index (χ3v) is 3.39. The highest BCUT2D eigenvalue weighted by Gasteiger charge is 2.36. The van der Waals surface area contributed by atoms with Crippen molar-refractivity contribution in [1.82, 2.24) is 15.1 Å². The number of nitrogens with two attached hydrogens (primary N) is 1. The molecule has 0 aliphatic carbocycles. The first-order valence-corrected chi connectivity index (χ1v) is 6.21. The summed E-state index contributed by atoms with van der Waals surface area (Å²) in [5.41, 5.74) is 5.63. The number of carbonyl (C=O) groups is 1. The summed E-state index contributed by atoms with van der Waals surface area (Å²) >= 11 is 0. The number of hydrogen-bond donors (Lipinski definition) is 2. The van der Waals surface area contributed by atoms with Crippen LogP contribution in [0.3, 0.4) is 0 Å². The van der Waals surface area contributed by atoms with Crippen molar-refractivity contribution >= 4 is 5.91 Å². The summed E-state index contributed by atoms with van der Waals surface area (Å²) in [4.78, 5) is 11.9. The van der Waals surface area contributed by atoms with E-state index in [-0.39, 0.29) is 5.91 Å². The number of likely N-dealkylation sites (N-methyl/N-ethyl adjacent to an activating group) is 1. The van der Waals surface area contributed by atoms with Crippen LogP contribution in [0.4, 0.5) is 0 Å². The Morgan fingerprint density at radius 3 is 2.63 bits per heavy atom. The van der Waals surface area contributed by atoms with Crippen molar-refractivity contribution in [2.24, 2.45) is 5.73 Å². The summed E-state index contributed by atoms with van der Waals surface area (Å²) in [6.07, 6.45) is 4.13. The van der Waals surface area contributed by atoms with Crippen LogP contribution in [0.5, 0.6) is 0 Å². The van der Waals surface area contributed by atoms with Crippen LogP contribution in [-0.2, 0) is 16.9 Å². The third kappa shape index (κ3) is 2.66. The SMILES string of the molecule is CNC(CCn1cccn1)(C(N)=O)c1ccccc1. The largest absolute Gasteiger partial charge is 0.368 e. The molecule has 3 N–H and O–H groups in total. The summed E-state index contributed by atoms with van der Waals surface area (Å²) in [7, 11) is 1.75. The van der Waals surface area contributed by atoms with Gasteiger partial charge in [-0.15, -0.1) is 0 Å². The van der Waals surface area contributed by atoms with E-state index in [4.69, 9.17) is 5.73 Å². The Bertz CT molecular complexity index is 524. The maximum Gasteiger partial charge on any atom is 0.242 e. The number of aromatic nitrogens is 2. The van der Waals surface area contributed by atoms with E-state index >= 15 is 0 Å². The first-order valence-electron chi connectivity index (χ1n) is 6.21. The molecule has 2 rings (SSSR count). The molecule has 5 heteroatoms. The highest BCUT2D eigenvalue weighted by Crippen LogP contribution is 2.25. The number of rotatable bonds is 6. The third-order valence-electron chi connectivity index (χ3n) is 3.39. The highest BCUT2D eigenvalue weighted by molar-refractivity contribution is 5.86. The summed E-state index contributed by atoms with van der Waals surface area (Å²) < 4.78 is 1.79. The van der Waals surface area contributed by atoms with Gasteiger partial charge in [0.2, 0.25) is 5.91 Å². The van der Waals surface area contributed by atoms with Crippen LogP contribution in [0.25, 0.3) is 0 Å². The van der Waals surface area contributed by atoms with Crippen molar-refractivity contribution in [1.29, 1.82) is 0 Å². The molecule has 0 aliphatic heterocycles. The molecule has 19 heavy (non-hydrogen) atoms. The number of nitrogens with one attached hydrogen (secondary N) is 1. The molecule has 1 amide bonds. The summed E-state index contributed by atoms with van der Waals surface area (Å²) in [5, 5.41) is 7.22. The zero-order chi connectivity index (χ0) is 13.7. The maximum atomic E-state index is 11.9. The van der Waals surface area contributed by atoms with Gasteiger partial charge in [0.1, 0.15) is 5.54 Å². The zero-order valence-electron chi connectivity index (χ0n) is 10.9. The van der Waals surface area contributed by atoms with Crippen molar-refractivity contribution in [3.05, 3.63) is 54.4 Å². The number of primary amides is 1. The van der Waals surface area contributed by atoms with Crippen molar-refractivity contribution in [2.45, 2.75) is 18.5 Å². The minimum absolute atomic E-state index is 0.381. The van der Waals surface area contributed by atoms with Crippen LogP contribution in [0.2, 0.25) is 0 Å². The molecule has 1 heterocycles. The lowest BCUT2D eigenvalue weighted by atomic mass is 9.86. The van der Waals surface area contributed by atoms with E-state index in [9.17, 15) is 4.79 Å². The summed E-state index contributed by atoms with van der Waals surface area (Å²) in [6, 6.07) is 11.4. The van der Waals surface area contributed by atoms with Crippen LogP contribution in [-0.4, -0.2) is 22.7 Å². The molecular weight excluding hydrogens is 240 g/mol. The molecular formula is C14H18N4O. The second-order valence-electron chi connectivity index (χ2n) is 4.40. The molecule has 0 bridgehead atoms. The van der Waals surface area contributed by atoms with Gasteiger partial charge in [-0.25, -0.2) is 0 Å². The fourth-order valence-corrected chi connectivity index (χ4v) is 2.24. The number of nitrogens with zero attached hydrogens (tertiary/aromatic N) is 2. The number of carbonyl (C=O) groups excluding carboxylic acids is 1. The monoisotopic (exact) mass is 258 g/mol. The van der Waals surface area contributed by atoms with Crippen LogP contribution >= 0.6 is 0 Å². The number of aryl methyl sites for hydroxylation is 1. The molecule has 0 aliphatic rings. The van der Waals surface area contributed by atoms with Gasteiger partial charge < -0.3 is 11.1 Å². The molecule has 0 radical (unpaired) electrons. The van der Waals surface area contributed by atoms with Gasteiger partial charge >= 0.3 is 0 Å². The molecule has 0 fully saturated rings. The van der Waals surface area contributed by atoms with Crippen molar-refractivity contribution in [3.63, 3.8) is 0 Å². The molecule has 1 atom stereocenters. The maximum absolute atomic E-state index is 11.9. The summed E-state index contributed by atoms with van der Waals surface area (Å²) in [6.45, 7) is 0.617. The second-order valence-corrected chi connectivity index (χ2v) is 4.40. The lowest BCUT2D eigenvalue weighted by Crippen LogP contribution is -2.51. The molecule has 0 saturated carbocycles. The van der Waals surface area contributed by atoms with Gasteiger partial charge in [-0.1, -0.05) is 30.3 Å². The van der Waals surface area contributed by atoms with Gasteiger partial charge in [-0.2, -0.15) is 5.10 Å². The van der Waals surface area contributed by atoms with Crippen LogP contribution in [0.1, 0.15) is 12.0 Å². The smallest absolute Gasteiger partial charge is 0.242 e. The fraction of sp³-hybridized carbons (Fsp3) is 0.286. The van der Waals surface area contributed by atoms with Gasteiger partial charge in [0.15, 0.2) is 0 Å². The lowest BCUT2D eigenvalue weighted by Gasteiger charge is -2.30. The van der Waals surface area contributed by atoms with Gasteiger partial charge in [0.25, 0.3) is 0 Å². The normalized spacial score (nSPS) is 13.9. The Balaban J connectivity index is 2.27. The van der Waals surface area contributed by atoms with Crippen molar-refractivity contribution in [2.75, 3.05) is 7.05 Å². The Morgan fingerprint density at radius 1 is 1.37 bits per heavy atom. The van der Waals surface area contributed by atoms with Crippen molar-refractivity contribution < 1.29 is 4.79 Å². The highest BCUT2D eigenvalue weighted by atomic mass is 16.1. The van der Waals surface area contributed by atoms with E-state index in [1.165, 1.54) is 0 Å². The molecule has 2 aromatic rings. The average Bonchev–Trinajstić information content (AvgIpc) is 2.94. The Labute approximate surface area is 112 Å². The topological polar surface area (TPSA) is 72.9 Å². The molecule has 5 nitrogen and oxygen atoms in total. The Morgan fingerprint density at radius 2 is 2.11 bits per heavy atom. The van der Waals surface area contributed by atoms with Gasteiger partial charge in [0.05, 0.1) is 0 Å². The van der Waals surface area contributed by atoms with E-state index in [0.717, 1.165) is 5.56 Å². The Hall–Kier alpha value is -2.14. The summed E-state index contributed by atoms with van der Waals surface area (Å²) in [5.74, 6) is -0.381. The van der Waals surface area contributed by atoms with E-state index in [1.54, 1.807) is 17.9 Å². The van der Waals surface area contributed by atoms with E-state index < -0.39 is 5.54 Å². The number of benzene rings is 1. The van der Waals surface area contributed by atoms with Crippen molar-refractivity contribution in [3.8, 4) is 0 Å². The van der Waals surface area contributed by atoms with Crippen LogP contribution < -0.4 is 11.1 Å². The zero-order valence-corrected chi connectivity index (χ0v) is 10.9. The first kappa shape index (κ1) is 13.3. The van der Waals surface area contributed by atoms with Gasteiger partial charge in [-0.3, -0.25) is 9.48 Å². The number of hydrogen-bond acceptors (Lipinski definition) is 3. The first-order chi connectivity index (χ1) is 9.19.